The molecule has 3 unspecified atom stereocenters. The second-order valence-electron chi connectivity index (χ2n) is 13.4. The molecule has 9 atom stereocenters. The maximum atomic E-state index is 12.3. The molecule has 5 heterocycles. The van der Waals surface area contributed by atoms with E-state index in [9.17, 15) is 43.5 Å². The van der Waals surface area contributed by atoms with E-state index in [2.05, 4.69) is 65.0 Å². The highest BCUT2D eigenvalue weighted by atomic mass is 32.2. The van der Waals surface area contributed by atoms with Gasteiger partial charge in [-0.25, -0.2) is 28.6 Å². The number of carbonyl (C=O) groups is 3. The molecule has 22 nitrogen and oxygen atoms in total. The molecular weight excluding hydrogens is 800 g/mol. The predicted molar refractivity (Wildman–Crippen MR) is 200 cm³/mol. The molecule has 25 heteroatoms. The minimum atomic E-state index is -5.67. The van der Waals surface area contributed by atoms with E-state index in [0.717, 1.165) is 24.9 Å². The Morgan fingerprint density at radius 2 is 1.80 bits per heavy atom. The Kier molecular flexibility index (Phi) is 17.3. The van der Waals surface area contributed by atoms with Gasteiger partial charge in [0.25, 0.3) is 0 Å². The van der Waals surface area contributed by atoms with Gasteiger partial charge in [0.1, 0.15) is 30.2 Å². The van der Waals surface area contributed by atoms with Gasteiger partial charge in [0, 0.05) is 30.4 Å². The summed E-state index contributed by atoms with van der Waals surface area (Å²) < 4.78 is 44.1. The summed E-state index contributed by atoms with van der Waals surface area (Å²) in [6.45, 7) is 9.81. The lowest BCUT2D eigenvalue weighted by Crippen LogP contribution is -3.11. The number of anilines is 1. The Hall–Kier alpha value is -2.95. The number of hydrogen-bond donors (Lipinski definition) is 8. The number of nitrogens with one attached hydrogen (secondary N) is 4. The summed E-state index contributed by atoms with van der Waals surface area (Å²) >= 11 is 1.81. The largest absolute Gasteiger partial charge is 0.746 e. The zero-order chi connectivity index (χ0) is 41.0. The number of quaternary nitrogens is 1. The minimum absolute atomic E-state index is 0.0531. The molecule has 0 spiro atoms. The molecule has 3 aliphatic rings. The third kappa shape index (κ3) is 13.0. The van der Waals surface area contributed by atoms with Gasteiger partial charge in [0.05, 0.1) is 44.7 Å². The quantitative estimate of drug-likeness (QED) is 0.0455. The number of rotatable bonds is 20. The number of fused-ring (bicyclic) bond motifs is 2. The summed E-state index contributed by atoms with van der Waals surface area (Å²) in [5.74, 6) is -0.504. The third-order valence-corrected chi connectivity index (χ3v) is 13.6. The average Bonchev–Trinajstić information content (AvgIpc) is 3.90. The van der Waals surface area contributed by atoms with Crippen LogP contribution in [0.1, 0.15) is 71.9 Å². The van der Waals surface area contributed by atoms with Gasteiger partial charge in [0.15, 0.2) is 17.7 Å². The van der Waals surface area contributed by atoms with Crippen molar-refractivity contribution < 1.29 is 66.5 Å². The second kappa shape index (κ2) is 21.2. The van der Waals surface area contributed by atoms with Gasteiger partial charge in [-0.05, 0) is 46.5 Å². The molecule has 3 amide bonds. The van der Waals surface area contributed by atoms with Crippen LogP contribution in [0.2, 0.25) is 0 Å². The van der Waals surface area contributed by atoms with Gasteiger partial charge in [-0.3, -0.25) is 23.2 Å². The monoisotopic (exact) mass is 853 g/mol. The van der Waals surface area contributed by atoms with Gasteiger partial charge in [-0.1, -0.05) is 6.42 Å². The van der Waals surface area contributed by atoms with E-state index in [1.54, 1.807) is 4.90 Å². The molecule has 0 aliphatic carbocycles. The van der Waals surface area contributed by atoms with E-state index in [-0.39, 0.29) is 54.0 Å². The standard InChI is InChI=1S/C25H38N8O13P2S.C6H15N/c26-22-19-23(29-11-28-22)33(12-30-19)24-21(37)20(36)14(44-24)9-43-47(39,40)46-48(41,42)45-17(35)7-3-4-8-27-16(34)6-2-1-5-15-18-13(10-49-15)31-25(38)32-18;1-4-7(5-2)6-3/h11-15,18,20-21,24,36-37H,1-10H2,(H,27,34)(H,39,40)(H,41,42)(H2,26,28,29)(H2,31,32,38);4-6H2,1-3H3/t13-,14+,15-,18-,20?,21-,24+;/m0./s1. The SMILES string of the molecule is CC[NH+](CC)CC.Nc1ncnc2c1ncn2[C@@H]1O[C@H](COP(=O)(O)OP(=O)([O-])OC(=O)CCCCNC(=O)CCCC[C@@H]2SC[C@@H]3NC(=O)N[C@@H]32)C(O)[C@@H]1O. The third-order valence-electron chi connectivity index (χ3n) is 9.53. The molecule has 2 aromatic heterocycles. The van der Waals surface area contributed by atoms with Crippen LogP contribution in [0, 0.1) is 0 Å². The Labute approximate surface area is 328 Å². The number of carbonyl (C=O) groups excluding carboxylic acids is 3. The molecule has 0 saturated carbocycles. The fourth-order valence-electron chi connectivity index (χ4n) is 6.39. The summed E-state index contributed by atoms with van der Waals surface area (Å²) in [5, 5.41) is 29.7. The van der Waals surface area contributed by atoms with Crippen LogP contribution in [0.25, 0.3) is 11.2 Å². The molecule has 3 saturated heterocycles. The van der Waals surface area contributed by atoms with E-state index >= 15 is 0 Å². The Morgan fingerprint density at radius 3 is 2.50 bits per heavy atom. The first-order chi connectivity index (χ1) is 26.6. The number of imidazole rings is 1. The number of thioether (sulfide) groups is 1. The molecule has 316 valence electrons. The van der Waals surface area contributed by atoms with Crippen LogP contribution in [-0.4, -0.2) is 127 Å². The molecule has 0 bridgehead atoms. The second-order valence-corrected chi connectivity index (χ2v) is 17.6. The Morgan fingerprint density at radius 1 is 1.09 bits per heavy atom. The lowest BCUT2D eigenvalue weighted by molar-refractivity contribution is -0.894. The lowest BCUT2D eigenvalue weighted by Gasteiger charge is -2.24. The summed E-state index contributed by atoms with van der Waals surface area (Å²) in [6.07, 6.45) is -0.810. The van der Waals surface area contributed by atoms with E-state index in [4.69, 9.17) is 10.5 Å². The van der Waals surface area contributed by atoms with Crippen LogP contribution in [0.15, 0.2) is 12.7 Å². The fourth-order valence-corrected chi connectivity index (χ4v) is 9.94. The number of aliphatic hydroxyl groups excluding tert-OH is 2. The van der Waals surface area contributed by atoms with Gasteiger partial charge in [0.2, 0.25) is 5.91 Å². The molecular formula is C31H53N9O13P2S. The van der Waals surface area contributed by atoms with Crippen molar-refractivity contribution >= 4 is 62.3 Å². The van der Waals surface area contributed by atoms with Crippen molar-refractivity contribution in [2.45, 2.75) is 108 Å². The van der Waals surface area contributed by atoms with E-state index in [1.165, 1.54) is 30.5 Å². The highest BCUT2D eigenvalue weighted by Crippen LogP contribution is 2.58. The molecule has 9 N–H and O–H groups in total. The maximum absolute atomic E-state index is 12.3. The van der Waals surface area contributed by atoms with Crippen molar-refractivity contribution in [3.63, 3.8) is 0 Å². The van der Waals surface area contributed by atoms with E-state index in [1.807, 2.05) is 11.8 Å². The smallest absolute Gasteiger partial charge is 0.479 e. The summed E-state index contributed by atoms with van der Waals surface area (Å²) in [6, 6.07) is 0.131. The number of nitrogen functional groups attached to an aromatic ring is 1. The normalized spacial score (nSPS) is 26.4. The number of aliphatic hydroxyl groups is 2. The van der Waals surface area contributed by atoms with E-state index < -0.39 is 59.2 Å². The number of aromatic nitrogens is 4. The predicted octanol–water partition coefficient (Wildman–Crippen LogP) is -0.884. The Bertz CT molecular complexity index is 1720. The Balaban J connectivity index is 0.000000908. The molecule has 0 radical (unpaired) electrons. The van der Waals surface area contributed by atoms with Crippen molar-refractivity contribution in [2.24, 2.45) is 0 Å². The zero-order valence-electron chi connectivity index (χ0n) is 31.5. The highest BCUT2D eigenvalue weighted by Gasteiger charge is 2.46. The van der Waals surface area contributed by atoms with Crippen LogP contribution in [0.3, 0.4) is 0 Å². The molecule has 2 aromatic rings. The minimum Gasteiger partial charge on any atom is -0.746 e. The molecule has 56 heavy (non-hydrogen) atoms. The van der Waals surface area contributed by atoms with Crippen molar-refractivity contribution in [1.29, 1.82) is 0 Å². The number of amides is 3. The van der Waals surface area contributed by atoms with Crippen LogP contribution in [-0.2, 0) is 36.8 Å². The number of hydrogen-bond acceptors (Lipinski definition) is 17. The van der Waals surface area contributed by atoms with Gasteiger partial charge in [-0.15, -0.1) is 0 Å². The van der Waals surface area contributed by atoms with Crippen molar-refractivity contribution in [3.8, 4) is 0 Å². The number of urea groups is 1. The van der Waals surface area contributed by atoms with Crippen molar-refractivity contribution in [3.05, 3.63) is 12.7 Å². The number of phosphoric ester groups is 2. The number of nitrogens with zero attached hydrogens (tertiary/aromatic N) is 4. The highest BCUT2D eigenvalue weighted by molar-refractivity contribution is 8.00. The zero-order valence-corrected chi connectivity index (χ0v) is 34.1. The van der Waals surface area contributed by atoms with Crippen LogP contribution in [0.4, 0.5) is 10.6 Å². The number of unbranched alkanes of at least 4 members (excludes halogenated alkanes) is 2. The fraction of sp³-hybridized carbons (Fsp3) is 0.742. The van der Waals surface area contributed by atoms with Gasteiger partial charge < -0.3 is 55.8 Å². The van der Waals surface area contributed by atoms with Gasteiger partial charge in [-0.2, -0.15) is 11.8 Å². The number of phosphoric acid groups is 2. The first-order valence-corrected chi connectivity index (χ1v) is 22.5. The van der Waals surface area contributed by atoms with Crippen molar-refractivity contribution in [2.75, 3.05) is 44.3 Å². The van der Waals surface area contributed by atoms with Gasteiger partial charge >= 0.3 is 27.6 Å². The maximum Gasteiger partial charge on any atom is 0.479 e. The lowest BCUT2D eigenvalue weighted by atomic mass is 10.0. The summed E-state index contributed by atoms with van der Waals surface area (Å²) in [7, 11) is -11.1. The first kappa shape index (κ1) is 45.7. The molecule has 3 aliphatic heterocycles. The first-order valence-electron chi connectivity index (χ1n) is 18.5. The van der Waals surface area contributed by atoms with Crippen LogP contribution >= 0.6 is 27.4 Å². The topological polar surface area (TPSA) is 316 Å². The summed E-state index contributed by atoms with van der Waals surface area (Å²) in [4.78, 5) is 71.1. The molecule has 5 rings (SSSR count). The average molecular weight is 854 g/mol. The molecule has 3 fully saturated rings. The van der Waals surface area contributed by atoms with Crippen LogP contribution in [0.5, 0.6) is 0 Å². The summed E-state index contributed by atoms with van der Waals surface area (Å²) in [5.41, 5.74) is 6.11. The van der Waals surface area contributed by atoms with Crippen LogP contribution < -0.4 is 31.5 Å². The molecule has 0 aromatic carbocycles. The van der Waals surface area contributed by atoms with E-state index in [0.29, 0.717) is 24.5 Å². The number of nitrogens with two attached hydrogens (primary N) is 1. The number of ether oxygens (including phenoxy) is 1. The van der Waals surface area contributed by atoms with Crippen molar-refractivity contribution in [1.82, 2.24) is 35.5 Å².